The van der Waals surface area contributed by atoms with E-state index in [1.807, 2.05) is 20.8 Å². The van der Waals surface area contributed by atoms with Gasteiger partial charge >= 0.3 is 5.97 Å². The molecule has 3 saturated carbocycles. The number of rotatable bonds is 11. The number of carbonyl (C=O) groups excluding carboxylic acids is 5. The largest absolute Gasteiger partial charge is 0.492 e. The first-order valence-electron chi connectivity index (χ1n) is 28.8. The molecule has 1 heterocycles. The van der Waals surface area contributed by atoms with Crippen LogP contribution in [0.3, 0.4) is 0 Å². The number of hydrogen-bond acceptors (Lipinski definition) is 14. The molecule has 0 aromatic carbocycles. The van der Waals surface area contributed by atoms with Gasteiger partial charge in [0.1, 0.15) is 41.9 Å². The highest BCUT2D eigenvalue weighted by molar-refractivity contribution is 6.41. The average molecular weight is 1060 g/mol. The van der Waals surface area contributed by atoms with E-state index in [-0.39, 0.29) is 85.3 Å². The number of carbonyl (C=O) groups is 5. The number of esters is 1. The second-order valence-electron chi connectivity index (χ2n) is 24.5. The molecule has 4 aliphatic rings. The Labute approximate surface area is 450 Å². The number of methoxy groups -OCH3 is 2. The molecule has 0 radical (unpaired) electrons. The molecule has 0 aromatic heterocycles. The summed E-state index contributed by atoms with van der Waals surface area (Å²) in [5.74, 6) is -5.80. The molecule has 75 heavy (non-hydrogen) atoms. The number of aliphatic hydroxyl groups is 5. The van der Waals surface area contributed by atoms with Crippen LogP contribution in [-0.2, 0) is 42.9 Å². The van der Waals surface area contributed by atoms with Crippen molar-refractivity contribution in [3.63, 3.8) is 0 Å². The predicted molar refractivity (Wildman–Crippen MR) is 289 cm³/mol. The Balaban J connectivity index is 1.72. The number of cyclic esters (lactones) is 1. The van der Waals surface area contributed by atoms with Crippen LogP contribution in [0.5, 0.6) is 0 Å². The maximum atomic E-state index is 15.0. The molecule has 0 amide bonds. The van der Waals surface area contributed by atoms with Gasteiger partial charge in [0.2, 0.25) is 11.6 Å². The van der Waals surface area contributed by atoms with Crippen molar-refractivity contribution in [1.29, 1.82) is 0 Å². The molecule has 16 atom stereocenters. The van der Waals surface area contributed by atoms with E-state index in [0.29, 0.717) is 77.0 Å². The summed E-state index contributed by atoms with van der Waals surface area (Å²) in [4.78, 5) is 72.4. The molecular formula is C61H100O14. The third-order valence-electron chi connectivity index (χ3n) is 19.1. The lowest BCUT2D eigenvalue weighted by molar-refractivity contribution is -0.178. The van der Waals surface area contributed by atoms with Gasteiger partial charge in [0.15, 0.2) is 5.78 Å². The number of Topliss-reactive ketones (excluding diaryl/α,β-unsaturated/α-hetero) is 4. The van der Waals surface area contributed by atoms with E-state index in [9.17, 15) is 49.5 Å². The molecular weight excluding hydrogens is 957 g/mol. The Kier molecular flexibility index (Phi) is 24.2. The lowest BCUT2D eigenvalue weighted by atomic mass is 9.60. The number of hydrogen-bond donors (Lipinski definition) is 5. The third kappa shape index (κ3) is 16.0. The molecule has 428 valence electrons. The van der Waals surface area contributed by atoms with Crippen molar-refractivity contribution in [2.24, 2.45) is 46.3 Å². The van der Waals surface area contributed by atoms with Crippen molar-refractivity contribution in [3.05, 3.63) is 35.6 Å². The van der Waals surface area contributed by atoms with Crippen molar-refractivity contribution >= 4 is 29.1 Å². The van der Waals surface area contributed by atoms with Crippen LogP contribution in [0, 0.1) is 46.3 Å². The summed E-state index contributed by atoms with van der Waals surface area (Å²) in [5.41, 5.74) is -3.95. The van der Waals surface area contributed by atoms with Crippen LogP contribution in [0.2, 0.25) is 0 Å². The molecule has 2 unspecified atom stereocenters. The molecule has 3 aliphatic carbocycles. The number of ether oxygens (including phenoxy) is 4. The maximum absolute atomic E-state index is 15.0. The van der Waals surface area contributed by atoms with E-state index >= 15 is 0 Å². The summed E-state index contributed by atoms with van der Waals surface area (Å²) in [7, 11) is 2.92. The zero-order chi connectivity index (χ0) is 56.2. The number of fused-ring (bicyclic) bond motifs is 3. The van der Waals surface area contributed by atoms with Gasteiger partial charge in [0.25, 0.3) is 0 Å². The maximum Gasteiger partial charge on any atom is 0.312 e. The summed E-state index contributed by atoms with van der Waals surface area (Å²) in [5, 5.41) is 57.9. The smallest absolute Gasteiger partial charge is 0.312 e. The topological polar surface area (TPSA) is 223 Å². The summed E-state index contributed by atoms with van der Waals surface area (Å²) in [6.07, 6.45) is 5.92. The van der Waals surface area contributed by atoms with Crippen molar-refractivity contribution in [1.82, 2.24) is 0 Å². The minimum atomic E-state index is -2.16. The van der Waals surface area contributed by atoms with Crippen molar-refractivity contribution in [3.8, 4) is 0 Å². The monoisotopic (exact) mass is 1060 g/mol. The molecule has 0 spiro atoms. The average Bonchev–Trinajstić information content (AvgIpc) is 3.38. The molecule has 14 nitrogen and oxygen atoms in total. The standard InChI is InChI=1S/C61H100O14/c1-14-44-35-60(70)29-27-41(8)61(71,36-60)56(68)53(66)46-24-20-21-28-59(46,11)57(69)75-50(39(6)31-43-25-26-49(51(32-43)72-12)74-42(9)58(10,15-2)16-3)34-47(63)38(5)30-40(7)52(65)55(73-13)54(67)48(64)33-45(62)23-19-17-18-22-37(44)4/h22,30,38-39,41,43-46,48-52,55,62,64-65,70-71H,9,14-21,23-29,31-36H2,1-8,10-13H3/b37-22?,40-30+/t38-,39-,41-,43+,44+,45-,46?,48-,49+,50+,51-,52-,55-,59?,60+,61+/m1/s1. The highest BCUT2D eigenvalue weighted by atomic mass is 16.5. The second-order valence-corrected chi connectivity index (χ2v) is 24.5. The second kappa shape index (κ2) is 28.2. The van der Waals surface area contributed by atoms with Crippen LogP contribution in [0.1, 0.15) is 204 Å². The zero-order valence-electron chi connectivity index (χ0n) is 48.1. The van der Waals surface area contributed by atoms with Gasteiger partial charge in [0, 0.05) is 50.7 Å². The Morgan fingerprint density at radius 2 is 1.53 bits per heavy atom. The van der Waals surface area contributed by atoms with Crippen LogP contribution in [0.15, 0.2) is 35.6 Å². The molecule has 1 aliphatic heterocycles. The van der Waals surface area contributed by atoms with E-state index in [1.165, 1.54) is 13.2 Å². The lowest BCUT2D eigenvalue weighted by Gasteiger charge is -2.47. The summed E-state index contributed by atoms with van der Waals surface area (Å²) in [6, 6.07) is 0. The first kappa shape index (κ1) is 64.4. The van der Waals surface area contributed by atoms with Crippen LogP contribution in [0.4, 0.5) is 0 Å². The number of ketones is 4. The Morgan fingerprint density at radius 1 is 0.867 bits per heavy atom. The van der Waals surface area contributed by atoms with E-state index in [1.54, 1.807) is 34.8 Å². The third-order valence-corrected chi connectivity index (χ3v) is 19.1. The van der Waals surface area contributed by atoms with Gasteiger partial charge in [0.05, 0.1) is 29.0 Å². The first-order valence-corrected chi connectivity index (χ1v) is 28.8. The minimum Gasteiger partial charge on any atom is -0.492 e. The van der Waals surface area contributed by atoms with E-state index in [2.05, 4.69) is 33.4 Å². The van der Waals surface area contributed by atoms with E-state index < -0.39 is 88.2 Å². The zero-order valence-corrected chi connectivity index (χ0v) is 48.1. The van der Waals surface area contributed by atoms with Gasteiger partial charge in [-0.2, -0.15) is 0 Å². The van der Waals surface area contributed by atoms with Gasteiger partial charge in [-0.05, 0) is 146 Å². The van der Waals surface area contributed by atoms with Crippen LogP contribution < -0.4 is 0 Å². The fraction of sp³-hybridized carbons (Fsp3) is 0.820. The quantitative estimate of drug-likeness (QED) is 0.0563. The minimum absolute atomic E-state index is 0.0794. The van der Waals surface area contributed by atoms with E-state index in [0.717, 1.165) is 30.6 Å². The van der Waals surface area contributed by atoms with Gasteiger partial charge < -0.3 is 44.5 Å². The predicted octanol–water partition coefficient (Wildman–Crippen LogP) is 9.62. The van der Waals surface area contributed by atoms with Crippen LogP contribution in [-0.4, -0.2) is 123 Å². The summed E-state index contributed by atoms with van der Waals surface area (Å²) < 4.78 is 24.5. The van der Waals surface area contributed by atoms with Crippen molar-refractivity contribution < 1.29 is 68.5 Å². The molecule has 5 N–H and O–H groups in total. The van der Waals surface area contributed by atoms with Gasteiger partial charge in [-0.25, -0.2) is 0 Å². The molecule has 2 bridgehead atoms. The van der Waals surface area contributed by atoms with Crippen LogP contribution >= 0.6 is 0 Å². The Morgan fingerprint density at radius 3 is 2.16 bits per heavy atom. The Hall–Kier alpha value is -3.11. The molecule has 3 fully saturated rings. The molecule has 14 heteroatoms. The number of allylic oxidation sites excluding steroid dienone is 4. The lowest BCUT2D eigenvalue weighted by Crippen LogP contribution is -2.59. The molecule has 0 saturated heterocycles. The van der Waals surface area contributed by atoms with Gasteiger partial charge in [-0.1, -0.05) is 92.0 Å². The van der Waals surface area contributed by atoms with Crippen LogP contribution in [0.25, 0.3) is 0 Å². The summed E-state index contributed by atoms with van der Waals surface area (Å²) in [6.45, 7) is 23.3. The summed E-state index contributed by atoms with van der Waals surface area (Å²) >= 11 is 0. The molecule has 0 aromatic rings. The fourth-order valence-corrected chi connectivity index (χ4v) is 12.8. The highest BCUT2D eigenvalue weighted by Crippen LogP contribution is 2.49. The molecule has 4 rings (SSSR count). The van der Waals surface area contributed by atoms with Crippen molar-refractivity contribution in [2.45, 2.75) is 258 Å². The highest BCUT2D eigenvalue weighted by Gasteiger charge is 2.58. The number of aliphatic hydroxyl groups excluding tert-OH is 3. The van der Waals surface area contributed by atoms with Gasteiger partial charge in [-0.3, -0.25) is 24.0 Å². The van der Waals surface area contributed by atoms with E-state index in [4.69, 9.17) is 18.9 Å². The SMILES string of the molecule is C=C(O[C@H]1CC[C@@H](C[C@@H](C)[C@@H]2CC(=O)[C@H](C)/C=C(\C)[C@@H](O)[C@@H](OC)C(=O)[C@H](O)C[C@H](O)CCCCC=C(C)[C@@H](CC)C[C@@]3(O)CC[C@@H](C)[C@@](O)(C3)C(=O)C(=O)C3CCCCC3(C)C(=O)O2)C[C@H]1OC)C(C)(CC)CC. The Bertz CT molecular complexity index is 2010. The normalized spacial score (nSPS) is 38.6. The fourth-order valence-electron chi connectivity index (χ4n) is 12.8. The van der Waals surface area contributed by atoms with Crippen molar-refractivity contribution in [2.75, 3.05) is 14.2 Å². The van der Waals surface area contributed by atoms with Gasteiger partial charge in [-0.15, -0.1) is 0 Å². The first-order chi connectivity index (χ1) is 35.2.